The van der Waals surface area contributed by atoms with Gasteiger partial charge < -0.3 is 9.47 Å². The summed E-state index contributed by atoms with van der Waals surface area (Å²) in [6.45, 7) is 3.69. The summed E-state index contributed by atoms with van der Waals surface area (Å²) in [6, 6.07) is 4.31. The number of benzene rings is 1. The zero-order valence-electron chi connectivity index (χ0n) is 16.3. The number of halogens is 2. The van der Waals surface area contributed by atoms with Gasteiger partial charge in [-0.05, 0) is 62.1 Å². The maximum atomic E-state index is 13.5. The Bertz CT molecular complexity index is 600. The van der Waals surface area contributed by atoms with Crippen LogP contribution in [0.4, 0.5) is 8.78 Å². The molecule has 1 aromatic carbocycles. The molecule has 0 atom stereocenters. The van der Waals surface area contributed by atoms with Gasteiger partial charge in [0.2, 0.25) is 0 Å². The lowest BCUT2D eigenvalue weighted by atomic mass is 9.78. The molecule has 0 aromatic heterocycles. The van der Waals surface area contributed by atoms with Crippen LogP contribution in [0.25, 0.3) is 0 Å². The molecule has 0 bridgehead atoms. The van der Waals surface area contributed by atoms with Gasteiger partial charge in [-0.15, -0.1) is 0 Å². The van der Waals surface area contributed by atoms with Crippen LogP contribution in [0.5, 0.6) is 0 Å². The summed E-state index contributed by atoms with van der Waals surface area (Å²) >= 11 is 0. The zero-order valence-corrected chi connectivity index (χ0v) is 16.3. The van der Waals surface area contributed by atoms with Crippen LogP contribution in [-0.4, -0.2) is 19.5 Å². The van der Waals surface area contributed by atoms with Gasteiger partial charge in [-0.3, -0.25) is 0 Å². The molecular formula is C23H32F2O2. The predicted molar refractivity (Wildman–Crippen MR) is 104 cm³/mol. The van der Waals surface area contributed by atoms with Crippen molar-refractivity contribution in [2.45, 2.75) is 70.5 Å². The Labute approximate surface area is 161 Å². The van der Waals surface area contributed by atoms with Crippen molar-refractivity contribution in [3.63, 3.8) is 0 Å². The number of unbranched alkanes of at least 4 members (excludes halogenated alkanes) is 3. The molecular weight excluding hydrogens is 346 g/mol. The molecule has 1 aliphatic heterocycles. The molecule has 4 heteroatoms. The Hall–Kier alpha value is -1.26. The van der Waals surface area contributed by atoms with E-state index in [4.69, 9.17) is 9.47 Å². The van der Waals surface area contributed by atoms with Crippen molar-refractivity contribution in [1.29, 1.82) is 0 Å². The fourth-order valence-electron chi connectivity index (χ4n) is 4.21. The van der Waals surface area contributed by atoms with Crippen molar-refractivity contribution >= 4 is 0 Å². The average molecular weight is 379 g/mol. The molecule has 0 N–H and O–H groups in total. The van der Waals surface area contributed by atoms with E-state index in [9.17, 15) is 8.78 Å². The minimum Gasteiger partial charge on any atom is -0.352 e. The molecule has 1 heterocycles. The molecule has 2 nitrogen and oxygen atoms in total. The summed E-state index contributed by atoms with van der Waals surface area (Å²) in [7, 11) is 0. The van der Waals surface area contributed by atoms with E-state index in [1.54, 1.807) is 6.07 Å². The minimum absolute atomic E-state index is 0.111. The molecule has 1 aliphatic carbocycles. The SMILES string of the molecule is CCCCC/C=C/[C@H]1CO[C@H](C2CCC(c3ccc(F)c(F)c3)CC2)OC1. The summed E-state index contributed by atoms with van der Waals surface area (Å²) in [5.41, 5.74) is 0.908. The monoisotopic (exact) mass is 378 g/mol. The third-order valence-electron chi connectivity index (χ3n) is 5.90. The van der Waals surface area contributed by atoms with Crippen LogP contribution >= 0.6 is 0 Å². The molecule has 0 unspecified atom stereocenters. The molecule has 1 aromatic rings. The third-order valence-corrected chi connectivity index (χ3v) is 5.90. The average Bonchev–Trinajstić information content (AvgIpc) is 2.71. The summed E-state index contributed by atoms with van der Waals surface area (Å²) in [5.74, 6) is -0.450. The van der Waals surface area contributed by atoms with Gasteiger partial charge in [0.15, 0.2) is 17.9 Å². The highest BCUT2D eigenvalue weighted by Crippen LogP contribution is 2.39. The highest BCUT2D eigenvalue weighted by molar-refractivity contribution is 5.22. The van der Waals surface area contributed by atoms with Crippen molar-refractivity contribution in [1.82, 2.24) is 0 Å². The maximum absolute atomic E-state index is 13.5. The molecule has 0 radical (unpaired) electrons. The quantitative estimate of drug-likeness (QED) is 0.406. The largest absolute Gasteiger partial charge is 0.352 e. The Morgan fingerprint density at radius 3 is 2.41 bits per heavy atom. The molecule has 27 heavy (non-hydrogen) atoms. The van der Waals surface area contributed by atoms with Crippen molar-refractivity contribution in [2.75, 3.05) is 13.2 Å². The first-order chi connectivity index (χ1) is 13.2. The lowest BCUT2D eigenvalue weighted by Crippen LogP contribution is -2.37. The van der Waals surface area contributed by atoms with Crippen LogP contribution in [-0.2, 0) is 9.47 Å². The molecule has 0 amide bonds. The fraction of sp³-hybridized carbons (Fsp3) is 0.652. The van der Waals surface area contributed by atoms with Gasteiger partial charge in [-0.1, -0.05) is 38.0 Å². The second-order valence-electron chi connectivity index (χ2n) is 8.00. The summed E-state index contributed by atoms with van der Waals surface area (Å²) < 4.78 is 38.6. The molecule has 2 fully saturated rings. The molecule has 0 spiro atoms. The summed E-state index contributed by atoms with van der Waals surface area (Å²) in [5, 5.41) is 0. The third kappa shape index (κ3) is 5.86. The Morgan fingerprint density at radius 2 is 1.74 bits per heavy atom. The Balaban J connectivity index is 1.40. The maximum Gasteiger partial charge on any atom is 0.160 e. The van der Waals surface area contributed by atoms with E-state index >= 15 is 0 Å². The minimum atomic E-state index is -0.773. The van der Waals surface area contributed by atoms with Crippen LogP contribution < -0.4 is 0 Å². The first-order valence-corrected chi connectivity index (χ1v) is 10.5. The van der Waals surface area contributed by atoms with Gasteiger partial charge in [0.1, 0.15) is 0 Å². The zero-order chi connectivity index (χ0) is 19.1. The molecule has 1 saturated heterocycles. The van der Waals surface area contributed by atoms with Crippen LogP contribution in [0.15, 0.2) is 30.4 Å². The lowest BCUT2D eigenvalue weighted by Gasteiger charge is -2.37. The highest BCUT2D eigenvalue weighted by Gasteiger charge is 2.32. The predicted octanol–water partition coefficient (Wildman–Crippen LogP) is 6.36. The number of hydrogen-bond acceptors (Lipinski definition) is 2. The summed E-state index contributed by atoms with van der Waals surface area (Å²) in [6.07, 6.45) is 13.3. The van der Waals surface area contributed by atoms with Crippen LogP contribution in [0.3, 0.4) is 0 Å². The molecule has 3 rings (SSSR count). The van der Waals surface area contributed by atoms with E-state index in [0.717, 1.165) is 50.9 Å². The highest BCUT2D eigenvalue weighted by atomic mass is 19.2. The number of allylic oxidation sites excluding steroid dienone is 1. The van der Waals surface area contributed by atoms with Gasteiger partial charge in [0.25, 0.3) is 0 Å². The van der Waals surface area contributed by atoms with Gasteiger partial charge in [-0.25, -0.2) is 8.78 Å². The van der Waals surface area contributed by atoms with Crippen molar-refractivity contribution in [3.8, 4) is 0 Å². The van der Waals surface area contributed by atoms with Gasteiger partial charge in [0.05, 0.1) is 13.2 Å². The van der Waals surface area contributed by atoms with Crippen molar-refractivity contribution in [3.05, 3.63) is 47.5 Å². The Kier molecular flexibility index (Phi) is 7.83. The standard InChI is InChI=1S/C23H32F2O2/c1-2-3-4-5-6-7-17-15-26-23(27-16-17)19-10-8-18(9-11-19)20-12-13-21(24)22(25)14-20/h6-7,12-14,17-19,23H,2-5,8-11,15-16H2,1H3/b7-6+/t17-,18?,19?,23-. The topological polar surface area (TPSA) is 18.5 Å². The second-order valence-corrected chi connectivity index (χ2v) is 8.00. The van der Waals surface area contributed by atoms with E-state index in [2.05, 4.69) is 19.1 Å². The van der Waals surface area contributed by atoms with E-state index in [1.807, 2.05) is 0 Å². The first kappa shape index (κ1) is 20.5. The van der Waals surface area contributed by atoms with Crippen molar-refractivity contribution in [2.24, 2.45) is 11.8 Å². The lowest BCUT2D eigenvalue weighted by molar-refractivity contribution is -0.222. The molecule has 150 valence electrons. The smallest absolute Gasteiger partial charge is 0.160 e. The van der Waals surface area contributed by atoms with Crippen molar-refractivity contribution < 1.29 is 18.3 Å². The van der Waals surface area contributed by atoms with E-state index in [0.29, 0.717) is 17.8 Å². The number of hydrogen-bond donors (Lipinski definition) is 0. The Morgan fingerprint density at radius 1 is 1.00 bits per heavy atom. The van der Waals surface area contributed by atoms with Gasteiger partial charge in [0, 0.05) is 11.8 Å². The summed E-state index contributed by atoms with van der Waals surface area (Å²) in [4.78, 5) is 0. The first-order valence-electron chi connectivity index (χ1n) is 10.5. The normalized spacial score (nSPS) is 29.3. The van der Waals surface area contributed by atoms with Crippen LogP contribution in [0.2, 0.25) is 0 Å². The van der Waals surface area contributed by atoms with Gasteiger partial charge >= 0.3 is 0 Å². The van der Waals surface area contributed by atoms with Crippen LogP contribution in [0.1, 0.15) is 69.8 Å². The van der Waals surface area contributed by atoms with Crippen LogP contribution in [0, 0.1) is 23.5 Å². The van der Waals surface area contributed by atoms with E-state index < -0.39 is 11.6 Å². The second kappa shape index (κ2) is 10.3. The fourth-order valence-corrected chi connectivity index (χ4v) is 4.21. The number of ether oxygens (including phenoxy) is 2. The van der Waals surface area contributed by atoms with E-state index in [1.165, 1.54) is 31.4 Å². The van der Waals surface area contributed by atoms with E-state index in [-0.39, 0.29) is 6.29 Å². The molecule has 2 aliphatic rings. The number of rotatable bonds is 7. The molecule has 1 saturated carbocycles. The van der Waals surface area contributed by atoms with Gasteiger partial charge in [-0.2, -0.15) is 0 Å².